The Morgan fingerprint density at radius 1 is 1.12 bits per heavy atom. The smallest absolute Gasteiger partial charge is 0.274 e. The van der Waals surface area contributed by atoms with Crippen molar-refractivity contribution in [2.24, 2.45) is 0 Å². The molecular formula is C19H17ClN4O. The number of halogens is 1. The molecule has 1 saturated carbocycles. The standard InChI is InChI=1S/C19H17ClN4O/c20-16-9-5-4-6-14(16)12-21-19(25)17-18(13-10-11-13)24(23-22-17)15-7-2-1-3-8-15/h1-9,13H,10-12H2,(H,21,25). The molecule has 1 aliphatic carbocycles. The topological polar surface area (TPSA) is 59.8 Å². The first-order valence-electron chi connectivity index (χ1n) is 8.26. The molecule has 0 saturated heterocycles. The van der Waals surface area contributed by atoms with Crippen LogP contribution in [0.4, 0.5) is 0 Å². The number of carbonyl (C=O) groups excluding carboxylic acids is 1. The number of benzene rings is 2. The zero-order valence-electron chi connectivity index (χ0n) is 13.5. The third kappa shape index (κ3) is 3.28. The van der Waals surface area contributed by atoms with E-state index in [-0.39, 0.29) is 5.91 Å². The molecule has 1 heterocycles. The first-order chi connectivity index (χ1) is 12.2. The monoisotopic (exact) mass is 352 g/mol. The van der Waals surface area contributed by atoms with E-state index in [1.54, 1.807) is 4.68 Å². The maximum Gasteiger partial charge on any atom is 0.274 e. The van der Waals surface area contributed by atoms with E-state index in [9.17, 15) is 4.79 Å². The van der Waals surface area contributed by atoms with Crippen LogP contribution in [0.2, 0.25) is 5.02 Å². The minimum atomic E-state index is -0.219. The summed E-state index contributed by atoms with van der Waals surface area (Å²) < 4.78 is 1.78. The molecule has 0 atom stereocenters. The first-order valence-corrected chi connectivity index (χ1v) is 8.64. The predicted octanol–water partition coefficient (Wildman–Crippen LogP) is 3.73. The van der Waals surface area contributed by atoms with E-state index in [2.05, 4.69) is 15.6 Å². The SMILES string of the molecule is O=C(NCc1ccccc1Cl)c1nnn(-c2ccccc2)c1C1CC1. The first kappa shape index (κ1) is 15.8. The highest BCUT2D eigenvalue weighted by Gasteiger charge is 2.34. The van der Waals surface area contributed by atoms with E-state index < -0.39 is 0 Å². The number of nitrogens with one attached hydrogen (secondary N) is 1. The number of amides is 1. The summed E-state index contributed by atoms with van der Waals surface area (Å²) in [6.07, 6.45) is 2.12. The van der Waals surface area contributed by atoms with Gasteiger partial charge in [0.2, 0.25) is 0 Å². The molecule has 5 nitrogen and oxygen atoms in total. The molecule has 6 heteroatoms. The Hall–Kier alpha value is -2.66. The van der Waals surface area contributed by atoms with E-state index in [1.165, 1.54) is 0 Å². The molecule has 25 heavy (non-hydrogen) atoms. The highest BCUT2D eigenvalue weighted by atomic mass is 35.5. The molecule has 1 aromatic heterocycles. The van der Waals surface area contributed by atoms with Crippen molar-refractivity contribution in [1.82, 2.24) is 20.3 Å². The van der Waals surface area contributed by atoms with Crippen molar-refractivity contribution in [2.75, 3.05) is 0 Å². The minimum absolute atomic E-state index is 0.219. The molecule has 1 aliphatic rings. The van der Waals surface area contributed by atoms with E-state index in [0.717, 1.165) is 29.8 Å². The van der Waals surface area contributed by atoms with Crippen molar-refractivity contribution < 1.29 is 4.79 Å². The Balaban J connectivity index is 1.59. The van der Waals surface area contributed by atoms with E-state index >= 15 is 0 Å². The Bertz CT molecular complexity index is 903. The maximum absolute atomic E-state index is 12.7. The second-order valence-corrected chi connectivity index (χ2v) is 6.53. The van der Waals surface area contributed by atoms with Crippen LogP contribution < -0.4 is 5.32 Å². The quantitative estimate of drug-likeness (QED) is 0.761. The Kier molecular flexibility index (Phi) is 4.24. The molecule has 0 spiro atoms. The van der Waals surface area contributed by atoms with Gasteiger partial charge in [-0.1, -0.05) is 53.2 Å². The summed E-state index contributed by atoms with van der Waals surface area (Å²) in [6, 6.07) is 17.2. The zero-order valence-corrected chi connectivity index (χ0v) is 14.3. The second kappa shape index (κ2) is 6.69. The molecule has 1 N–H and O–H groups in total. The Labute approximate surface area is 150 Å². The predicted molar refractivity (Wildman–Crippen MR) is 96.0 cm³/mol. The van der Waals surface area contributed by atoms with Gasteiger partial charge in [-0.05, 0) is 36.6 Å². The molecule has 1 amide bonds. The number of carbonyl (C=O) groups is 1. The Morgan fingerprint density at radius 2 is 1.84 bits per heavy atom. The third-order valence-electron chi connectivity index (χ3n) is 4.28. The van der Waals surface area contributed by atoms with Crippen LogP contribution in [0.1, 0.15) is 40.5 Å². The lowest BCUT2D eigenvalue weighted by Crippen LogP contribution is -2.24. The van der Waals surface area contributed by atoms with Crippen LogP contribution in [0.15, 0.2) is 54.6 Å². The highest BCUT2D eigenvalue weighted by molar-refractivity contribution is 6.31. The molecule has 0 radical (unpaired) electrons. The van der Waals surface area contributed by atoms with E-state index in [4.69, 9.17) is 11.6 Å². The van der Waals surface area contributed by atoms with Crippen LogP contribution in [0.25, 0.3) is 5.69 Å². The summed E-state index contributed by atoms with van der Waals surface area (Å²) >= 11 is 6.15. The molecule has 3 aromatic rings. The lowest BCUT2D eigenvalue weighted by molar-refractivity contribution is 0.0945. The van der Waals surface area contributed by atoms with Crippen LogP contribution in [-0.4, -0.2) is 20.9 Å². The van der Waals surface area contributed by atoms with Crippen LogP contribution in [0.3, 0.4) is 0 Å². The second-order valence-electron chi connectivity index (χ2n) is 6.12. The summed E-state index contributed by atoms with van der Waals surface area (Å²) in [7, 11) is 0. The lowest BCUT2D eigenvalue weighted by Gasteiger charge is -2.08. The van der Waals surface area contributed by atoms with Crippen LogP contribution in [-0.2, 0) is 6.54 Å². The largest absolute Gasteiger partial charge is 0.346 e. The van der Waals surface area contributed by atoms with Gasteiger partial charge in [0.15, 0.2) is 5.69 Å². The molecule has 126 valence electrons. The molecular weight excluding hydrogens is 336 g/mol. The van der Waals surface area contributed by atoms with E-state index in [0.29, 0.717) is 23.2 Å². The van der Waals surface area contributed by atoms with Gasteiger partial charge in [-0.15, -0.1) is 5.10 Å². The number of rotatable bonds is 5. The average Bonchev–Trinajstić information content (AvgIpc) is 3.39. The molecule has 0 unspecified atom stereocenters. The van der Waals surface area contributed by atoms with Crippen molar-refractivity contribution >= 4 is 17.5 Å². The zero-order chi connectivity index (χ0) is 17.2. The highest BCUT2D eigenvalue weighted by Crippen LogP contribution is 2.41. The van der Waals surface area contributed by atoms with Gasteiger partial charge >= 0.3 is 0 Å². The van der Waals surface area contributed by atoms with Gasteiger partial charge in [0, 0.05) is 17.5 Å². The number of hydrogen-bond acceptors (Lipinski definition) is 3. The maximum atomic E-state index is 12.7. The van der Waals surface area contributed by atoms with Gasteiger partial charge in [-0.2, -0.15) is 0 Å². The van der Waals surface area contributed by atoms with Gasteiger partial charge < -0.3 is 5.32 Å². The van der Waals surface area contributed by atoms with Crippen molar-refractivity contribution in [3.63, 3.8) is 0 Å². The average molecular weight is 353 g/mol. The fourth-order valence-corrected chi connectivity index (χ4v) is 3.04. The van der Waals surface area contributed by atoms with Crippen LogP contribution in [0, 0.1) is 0 Å². The molecule has 4 rings (SSSR count). The molecule has 1 fully saturated rings. The van der Waals surface area contributed by atoms with Crippen molar-refractivity contribution in [3.05, 3.63) is 76.6 Å². The van der Waals surface area contributed by atoms with Gasteiger partial charge in [0.1, 0.15) is 0 Å². The van der Waals surface area contributed by atoms with Gasteiger partial charge in [-0.25, -0.2) is 4.68 Å². The normalized spacial score (nSPS) is 13.6. The van der Waals surface area contributed by atoms with Crippen LogP contribution >= 0.6 is 11.6 Å². The number of aromatic nitrogens is 3. The molecule has 0 aliphatic heterocycles. The Morgan fingerprint density at radius 3 is 2.56 bits per heavy atom. The fourth-order valence-electron chi connectivity index (χ4n) is 2.83. The van der Waals surface area contributed by atoms with Crippen LogP contribution in [0.5, 0.6) is 0 Å². The summed E-state index contributed by atoms with van der Waals surface area (Å²) in [5.41, 5.74) is 3.09. The van der Waals surface area contributed by atoms with Crippen molar-refractivity contribution in [1.29, 1.82) is 0 Å². The summed E-state index contributed by atoms with van der Waals surface area (Å²) in [6.45, 7) is 0.362. The van der Waals surface area contributed by atoms with Gasteiger partial charge in [0.25, 0.3) is 5.91 Å². The summed E-state index contributed by atoms with van der Waals surface area (Å²) in [5, 5.41) is 11.9. The van der Waals surface area contributed by atoms with Gasteiger partial charge in [0.05, 0.1) is 11.4 Å². The summed E-state index contributed by atoms with van der Waals surface area (Å²) in [4.78, 5) is 12.7. The number of nitrogens with zero attached hydrogens (tertiary/aromatic N) is 3. The number of hydrogen-bond donors (Lipinski definition) is 1. The molecule has 2 aromatic carbocycles. The third-order valence-corrected chi connectivity index (χ3v) is 4.65. The lowest BCUT2D eigenvalue weighted by atomic mass is 10.2. The van der Waals surface area contributed by atoms with Crippen molar-refractivity contribution in [2.45, 2.75) is 25.3 Å². The van der Waals surface area contributed by atoms with Gasteiger partial charge in [-0.3, -0.25) is 4.79 Å². The fraction of sp³-hybridized carbons (Fsp3) is 0.211. The minimum Gasteiger partial charge on any atom is -0.346 e. The van der Waals surface area contributed by atoms with Crippen molar-refractivity contribution in [3.8, 4) is 5.69 Å². The van der Waals surface area contributed by atoms with E-state index in [1.807, 2.05) is 54.6 Å². The molecule has 0 bridgehead atoms. The summed E-state index contributed by atoms with van der Waals surface area (Å²) in [5.74, 6) is 0.125. The number of para-hydroxylation sites is 1.